The molecule has 0 atom stereocenters. The Labute approximate surface area is 115 Å². The van der Waals surface area contributed by atoms with Crippen LogP contribution in [0.3, 0.4) is 0 Å². The van der Waals surface area contributed by atoms with E-state index in [0.717, 1.165) is 0 Å². The first-order valence-corrected chi connectivity index (χ1v) is 4.44. The van der Waals surface area contributed by atoms with Gasteiger partial charge in [0.15, 0.2) is 0 Å². The van der Waals surface area contributed by atoms with Gasteiger partial charge in [0.05, 0.1) is 0 Å². The van der Waals surface area contributed by atoms with E-state index in [1.165, 1.54) is 0 Å². The molecule has 0 aliphatic rings. The zero-order valence-electron chi connectivity index (χ0n) is 9.20. The number of hydrogen-bond acceptors (Lipinski definition) is 2. The number of amides is 1. The molecule has 4 heteroatoms. The van der Waals surface area contributed by atoms with Crippen molar-refractivity contribution in [3.05, 3.63) is 30.3 Å². The van der Waals surface area contributed by atoms with Gasteiger partial charge in [0, 0.05) is 32.7 Å². The van der Waals surface area contributed by atoms with Crippen molar-refractivity contribution in [2.75, 3.05) is 5.32 Å². The average Bonchev–Trinajstić information content (AvgIpc) is 2.02. The summed E-state index contributed by atoms with van der Waals surface area (Å²) < 4.78 is 5.07. The number of hydrogen-bond donors (Lipinski definition) is 1. The molecule has 1 aromatic rings. The van der Waals surface area contributed by atoms with E-state index in [4.69, 9.17) is 4.74 Å². The maximum absolute atomic E-state index is 11.3. The fourth-order valence-electron chi connectivity index (χ4n) is 0.885. The minimum Gasteiger partial charge on any atom is -0.444 e. The van der Waals surface area contributed by atoms with Crippen LogP contribution in [0.4, 0.5) is 10.5 Å². The van der Waals surface area contributed by atoms with Crippen LogP contribution in [-0.4, -0.2) is 11.7 Å². The van der Waals surface area contributed by atoms with Crippen LogP contribution in [0.5, 0.6) is 0 Å². The van der Waals surface area contributed by atoms with Gasteiger partial charge in [-0.25, -0.2) is 4.79 Å². The van der Waals surface area contributed by atoms with Crippen molar-refractivity contribution < 1.29 is 42.2 Å². The van der Waals surface area contributed by atoms with Gasteiger partial charge in [-0.05, 0) is 20.8 Å². The quantitative estimate of drug-likeness (QED) is 0.804. The van der Waals surface area contributed by atoms with Crippen molar-refractivity contribution in [2.24, 2.45) is 0 Å². The predicted octanol–water partition coefficient (Wildman–Crippen LogP) is 2.83. The number of carbonyl (C=O) groups is 1. The SMILES string of the molecule is CC(C)(C)OC(=O)Nc1[c-]cccc1.[Y]. The van der Waals surface area contributed by atoms with Crippen molar-refractivity contribution in [3.63, 3.8) is 0 Å². The summed E-state index contributed by atoms with van der Waals surface area (Å²) in [6.07, 6.45) is -0.458. The first-order valence-electron chi connectivity index (χ1n) is 4.44. The maximum Gasteiger partial charge on any atom is 0.410 e. The van der Waals surface area contributed by atoms with Gasteiger partial charge in [-0.1, -0.05) is 5.69 Å². The Kier molecular flexibility index (Phi) is 6.07. The molecule has 1 radical (unpaired) electrons. The van der Waals surface area contributed by atoms with Crippen LogP contribution in [0.2, 0.25) is 0 Å². The summed E-state index contributed by atoms with van der Waals surface area (Å²) in [6, 6.07) is 10.0. The Morgan fingerprint density at radius 1 is 1.40 bits per heavy atom. The zero-order chi connectivity index (χ0) is 10.6. The number of benzene rings is 1. The van der Waals surface area contributed by atoms with Crippen LogP contribution >= 0.6 is 0 Å². The number of rotatable bonds is 1. The number of anilines is 1. The Morgan fingerprint density at radius 3 is 2.53 bits per heavy atom. The minimum absolute atomic E-state index is 0. The van der Waals surface area contributed by atoms with Crippen LogP contribution in [0, 0.1) is 6.07 Å². The Balaban J connectivity index is 0.00000196. The molecule has 0 unspecified atom stereocenters. The van der Waals surface area contributed by atoms with E-state index in [2.05, 4.69) is 11.4 Å². The molecule has 1 rings (SSSR count). The van der Waals surface area contributed by atoms with Crippen molar-refractivity contribution in [2.45, 2.75) is 26.4 Å². The van der Waals surface area contributed by atoms with E-state index >= 15 is 0 Å². The smallest absolute Gasteiger partial charge is 0.410 e. The molecule has 3 nitrogen and oxygen atoms in total. The van der Waals surface area contributed by atoms with Gasteiger partial charge in [0.25, 0.3) is 0 Å². The Morgan fingerprint density at radius 2 is 2.07 bits per heavy atom. The molecule has 0 fully saturated rings. The molecule has 1 amide bonds. The summed E-state index contributed by atoms with van der Waals surface area (Å²) in [7, 11) is 0. The van der Waals surface area contributed by atoms with Crippen LogP contribution in [0.15, 0.2) is 24.3 Å². The molecule has 79 valence electrons. The van der Waals surface area contributed by atoms with E-state index in [1.54, 1.807) is 12.1 Å². The first kappa shape index (κ1) is 14.6. The molecule has 0 aromatic heterocycles. The molecule has 15 heavy (non-hydrogen) atoms. The number of carbonyl (C=O) groups excluding carboxylic acids is 1. The summed E-state index contributed by atoms with van der Waals surface area (Å²) in [6.45, 7) is 5.46. The van der Waals surface area contributed by atoms with E-state index in [1.807, 2.05) is 32.9 Å². The van der Waals surface area contributed by atoms with Crippen molar-refractivity contribution in [1.29, 1.82) is 0 Å². The second-order valence-electron chi connectivity index (χ2n) is 3.90. The van der Waals surface area contributed by atoms with Gasteiger partial charge >= 0.3 is 6.09 Å². The molecule has 1 N–H and O–H groups in total. The van der Waals surface area contributed by atoms with Gasteiger partial charge in [-0.15, -0.1) is 6.07 Å². The van der Waals surface area contributed by atoms with Crippen LogP contribution in [0.1, 0.15) is 20.8 Å². The third-order valence-electron chi connectivity index (χ3n) is 1.34. The largest absolute Gasteiger partial charge is 0.444 e. The third kappa shape index (κ3) is 6.64. The summed E-state index contributed by atoms with van der Waals surface area (Å²) >= 11 is 0. The fraction of sp³-hybridized carbons (Fsp3) is 0.364. The molecular formula is C11H14NO2Y-. The zero-order valence-corrected chi connectivity index (χ0v) is 12.0. The van der Waals surface area contributed by atoms with E-state index in [0.29, 0.717) is 5.69 Å². The summed E-state index contributed by atoms with van der Waals surface area (Å²) in [5, 5.41) is 2.58. The molecule has 0 saturated heterocycles. The topological polar surface area (TPSA) is 38.3 Å². The first-order chi connectivity index (χ1) is 6.47. The Hall–Kier alpha value is -0.406. The van der Waals surface area contributed by atoms with Gasteiger partial charge in [-0.3, -0.25) is 0 Å². The Bertz CT molecular complexity index is 306. The normalized spacial score (nSPS) is 10.1. The molecule has 0 spiro atoms. The molecule has 1 aromatic carbocycles. The van der Waals surface area contributed by atoms with E-state index in [-0.39, 0.29) is 32.7 Å². The summed E-state index contributed by atoms with van der Waals surface area (Å²) in [4.78, 5) is 11.3. The molecular weight excluding hydrogens is 267 g/mol. The van der Waals surface area contributed by atoms with Crippen molar-refractivity contribution >= 4 is 11.8 Å². The van der Waals surface area contributed by atoms with E-state index < -0.39 is 11.7 Å². The maximum atomic E-state index is 11.3. The molecule has 0 bridgehead atoms. The van der Waals surface area contributed by atoms with Crippen molar-refractivity contribution in [3.8, 4) is 0 Å². The summed E-state index contributed by atoms with van der Waals surface area (Å²) in [5.41, 5.74) is 0.139. The fourth-order valence-corrected chi connectivity index (χ4v) is 0.885. The number of ether oxygens (including phenoxy) is 1. The van der Waals surface area contributed by atoms with Gasteiger partial charge < -0.3 is 10.1 Å². The molecule has 0 saturated carbocycles. The number of nitrogens with one attached hydrogen (secondary N) is 1. The molecule has 0 heterocycles. The third-order valence-corrected chi connectivity index (χ3v) is 1.34. The monoisotopic (exact) mass is 281 g/mol. The van der Waals surface area contributed by atoms with Crippen LogP contribution < -0.4 is 5.32 Å². The standard InChI is InChI=1S/C11H14NO2.Y/c1-11(2,3)14-10(13)12-9-7-5-4-6-8-9;/h4-7H,1-3H3,(H,12,13);/q-1;. The molecule has 0 aliphatic heterocycles. The molecule has 0 aliphatic carbocycles. The predicted molar refractivity (Wildman–Crippen MR) is 55.1 cm³/mol. The van der Waals surface area contributed by atoms with Crippen LogP contribution in [0.25, 0.3) is 0 Å². The second kappa shape index (κ2) is 6.24. The van der Waals surface area contributed by atoms with Gasteiger partial charge in [0.1, 0.15) is 5.60 Å². The minimum atomic E-state index is -0.473. The van der Waals surface area contributed by atoms with Gasteiger partial charge in [0.2, 0.25) is 0 Å². The van der Waals surface area contributed by atoms with E-state index in [9.17, 15) is 4.79 Å². The average molecular weight is 281 g/mol. The van der Waals surface area contributed by atoms with Crippen LogP contribution in [-0.2, 0) is 37.4 Å². The summed E-state index contributed by atoms with van der Waals surface area (Å²) in [5.74, 6) is 0. The second-order valence-corrected chi connectivity index (χ2v) is 3.90. The number of para-hydroxylation sites is 1. The van der Waals surface area contributed by atoms with Crippen molar-refractivity contribution in [1.82, 2.24) is 0 Å². The van der Waals surface area contributed by atoms with Gasteiger partial charge in [-0.2, -0.15) is 24.3 Å².